The van der Waals surface area contributed by atoms with Gasteiger partial charge in [-0.05, 0) is 55.1 Å². The molecule has 3 aromatic rings. The molecule has 4 heteroatoms. The van der Waals surface area contributed by atoms with E-state index in [0.29, 0.717) is 17.7 Å². The maximum Gasteiger partial charge on any atom is 0.251 e. The van der Waals surface area contributed by atoms with Gasteiger partial charge in [0.2, 0.25) is 0 Å². The van der Waals surface area contributed by atoms with Crippen LogP contribution in [0.25, 0.3) is 10.9 Å². The Kier molecular flexibility index (Phi) is 3.98. The van der Waals surface area contributed by atoms with Crippen molar-refractivity contribution in [3.63, 3.8) is 0 Å². The molecule has 1 amide bonds. The summed E-state index contributed by atoms with van der Waals surface area (Å²) in [6.07, 6.45) is 0. The zero-order chi connectivity index (χ0) is 16.4. The van der Waals surface area contributed by atoms with E-state index in [1.54, 1.807) is 6.92 Å². The van der Waals surface area contributed by atoms with Crippen LogP contribution in [-0.4, -0.2) is 10.9 Å². The van der Waals surface area contributed by atoms with Crippen LogP contribution >= 0.6 is 0 Å². The summed E-state index contributed by atoms with van der Waals surface area (Å²) in [5.41, 5.74) is 4.17. The molecule has 0 unspecified atom stereocenters. The minimum Gasteiger partial charge on any atom is -0.348 e. The van der Waals surface area contributed by atoms with Gasteiger partial charge in [-0.3, -0.25) is 9.59 Å². The smallest absolute Gasteiger partial charge is 0.251 e. The number of carbonyl (C=O) groups excluding carboxylic acids is 1. The molecule has 116 valence electrons. The van der Waals surface area contributed by atoms with Crippen molar-refractivity contribution in [2.24, 2.45) is 0 Å². The monoisotopic (exact) mass is 306 g/mol. The summed E-state index contributed by atoms with van der Waals surface area (Å²) in [4.78, 5) is 26.6. The lowest BCUT2D eigenvalue weighted by molar-refractivity contribution is 0.0951. The Morgan fingerprint density at radius 2 is 1.78 bits per heavy atom. The van der Waals surface area contributed by atoms with Crippen LogP contribution in [0.5, 0.6) is 0 Å². The molecule has 0 aliphatic carbocycles. The normalized spacial score (nSPS) is 10.7. The quantitative estimate of drug-likeness (QED) is 0.781. The number of rotatable bonds is 3. The van der Waals surface area contributed by atoms with Gasteiger partial charge in [0.15, 0.2) is 0 Å². The second-order valence-electron chi connectivity index (χ2n) is 5.75. The number of aromatic amines is 1. The Bertz CT molecular complexity index is 924. The second kappa shape index (κ2) is 6.08. The Hall–Kier alpha value is -2.88. The average molecular weight is 306 g/mol. The van der Waals surface area contributed by atoms with Gasteiger partial charge in [-0.1, -0.05) is 23.8 Å². The van der Waals surface area contributed by atoms with Gasteiger partial charge >= 0.3 is 0 Å². The van der Waals surface area contributed by atoms with Crippen LogP contribution in [0.15, 0.2) is 53.3 Å². The van der Waals surface area contributed by atoms with E-state index in [4.69, 9.17) is 0 Å². The van der Waals surface area contributed by atoms with E-state index in [1.807, 2.05) is 55.5 Å². The molecule has 0 atom stereocenters. The van der Waals surface area contributed by atoms with E-state index in [2.05, 4.69) is 10.3 Å². The molecule has 0 radical (unpaired) electrons. The highest BCUT2D eigenvalue weighted by Crippen LogP contribution is 2.14. The summed E-state index contributed by atoms with van der Waals surface area (Å²) < 4.78 is 0. The van der Waals surface area contributed by atoms with Crippen LogP contribution in [0, 0.1) is 13.8 Å². The molecule has 0 aliphatic heterocycles. The number of aryl methyl sites for hydroxylation is 2. The van der Waals surface area contributed by atoms with Gasteiger partial charge in [0.25, 0.3) is 11.5 Å². The highest BCUT2D eigenvalue weighted by atomic mass is 16.1. The first-order chi connectivity index (χ1) is 11.0. The molecule has 0 saturated carbocycles. The lowest BCUT2D eigenvalue weighted by atomic mass is 10.1. The SMILES string of the molecule is Cc1ccc(C(=O)NCc2ccc3[nH]c(=O)c(C)cc3c2)cc1. The summed E-state index contributed by atoms with van der Waals surface area (Å²) in [7, 11) is 0. The zero-order valence-corrected chi connectivity index (χ0v) is 13.1. The van der Waals surface area contributed by atoms with E-state index in [0.717, 1.165) is 22.0 Å². The molecule has 0 aliphatic rings. The minimum absolute atomic E-state index is 0.0714. The topological polar surface area (TPSA) is 62.0 Å². The van der Waals surface area contributed by atoms with Crippen LogP contribution in [0.2, 0.25) is 0 Å². The number of hydrogen-bond donors (Lipinski definition) is 2. The molecule has 23 heavy (non-hydrogen) atoms. The van der Waals surface area contributed by atoms with Gasteiger partial charge in [-0.25, -0.2) is 0 Å². The van der Waals surface area contributed by atoms with Crippen molar-refractivity contribution in [2.75, 3.05) is 0 Å². The minimum atomic E-state index is -0.0947. The molecule has 4 nitrogen and oxygen atoms in total. The number of benzene rings is 2. The van der Waals surface area contributed by atoms with Crippen LogP contribution in [0.1, 0.15) is 27.0 Å². The molecule has 0 spiro atoms. The first-order valence-electron chi connectivity index (χ1n) is 7.50. The first-order valence-corrected chi connectivity index (χ1v) is 7.50. The molecule has 3 rings (SSSR count). The molecule has 1 aromatic heterocycles. The standard InChI is InChI=1S/C19H18N2O2/c1-12-3-6-15(7-4-12)19(23)20-11-14-5-8-17-16(10-14)9-13(2)18(22)21-17/h3-10H,11H2,1-2H3,(H,20,23)(H,21,22). The predicted octanol–water partition coefficient (Wildman–Crippen LogP) is 3.07. The van der Waals surface area contributed by atoms with Crippen molar-refractivity contribution in [3.05, 3.63) is 81.1 Å². The number of H-pyrrole nitrogens is 1. The van der Waals surface area contributed by atoms with Crippen molar-refractivity contribution in [2.45, 2.75) is 20.4 Å². The summed E-state index contributed by atoms with van der Waals surface area (Å²) in [6, 6.07) is 15.1. The van der Waals surface area contributed by atoms with Gasteiger partial charge in [-0.15, -0.1) is 0 Å². The fraction of sp³-hybridized carbons (Fsp3) is 0.158. The third kappa shape index (κ3) is 3.31. The number of nitrogens with one attached hydrogen (secondary N) is 2. The Morgan fingerprint density at radius 1 is 1.04 bits per heavy atom. The summed E-state index contributed by atoms with van der Waals surface area (Å²) in [5, 5.41) is 3.88. The molecule has 0 bridgehead atoms. The van der Waals surface area contributed by atoms with Crippen molar-refractivity contribution < 1.29 is 4.79 Å². The van der Waals surface area contributed by atoms with E-state index in [9.17, 15) is 9.59 Å². The average Bonchev–Trinajstić information content (AvgIpc) is 2.54. The number of amides is 1. The highest BCUT2D eigenvalue weighted by molar-refractivity contribution is 5.94. The number of pyridine rings is 1. The van der Waals surface area contributed by atoms with Crippen LogP contribution in [-0.2, 0) is 6.54 Å². The number of carbonyl (C=O) groups is 1. The van der Waals surface area contributed by atoms with Crippen molar-refractivity contribution in [1.29, 1.82) is 0 Å². The lowest BCUT2D eigenvalue weighted by Gasteiger charge is -2.07. The molecular formula is C19H18N2O2. The molecular weight excluding hydrogens is 288 g/mol. The molecule has 2 aromatic carbocycles. The van der Waals surface area contributed by atoms with E-state index >= 15 is 0 Å². The van der Waals surface area contributed by atoms with E-state index < -0.39 is 0 Å². The Balaban J connectivity index is 1.76. The van der Waals surface area contributed by atoms with Gasteiger partial charge in [0.1, 0.15) is 0 Å². The maximum atomic E-state index is 12.1. The van der Waals surface area contributed by atoms with Crippen LogP contribution in [0.4, 0.5) is 0 Å². The third-order valence-corrected chi connectivity index (χ3v) is 3.86. The summed E-state index contributed by atoms with van der Waals surface area (Å²) in [5.74, 6) is -0.0947. The summed E-state index contributed by atoms with van der Waals surface area (Å²) in [6.45, 7) is 4.22. The van der Waals surface area contributed by atoms with Crippen molar-refractivity contribution >= 4 is 16.8 Å². The largest absolute Gasteiger partial charge is 0.348 e. The Morgan fingerprint density at radius 3 is 2.52 bits per heavy atom. The predicted molar refractivity (Wildman–Crippen MR) is 91.7 cm³/mol. The van der Waals surface area contributed by atoms with Gasteiger partial charge < -0.3 is 10.3 Å². The first kappa shape index (κ1) is 15.0. The molecule has 0 saturated heterocycles. The lowest BCUT2D eigenvalue weighted by Crippen LogP contribution is -2.22. The van der Waals surface area contributed by atoms with Crippen LogP contribution < -0.4 is 10.9 Å². The third-order valence-electron chi connectivity index (χ3n) is 3.86. The highest BCUT2D eigenvalue weighted by Gasteiger charge is 2.05. The van der Waals surface area contributed by atoms with Gasteiger partial charge in [0, 0.05) is 23.2 Å². The summed E-state index contributed by atoms with van der Waals surface area (Å²) >= 11 is 0. The number of aromatic nitrogens is 1. The molecule has 0 fully saturated rings. The van der Waals surface area contributed by atoms with E-state index in [-0.39, 0.29) is 11.5 Å². The fourth-order valence-corrected chi connectivity index (χ4v) is 2.46. The molecule has 2 N–H and O–H groups in total. The van der Waals surface area contributed by atoms with Gasteiger partial charge in [0.05, 0.1) is 0 Å². The van der Waals surface area contributed by atoms with Gasteiger partial charge in [-0.2, -0.15) is 0 Å². The van der Waals surface area contributed by atoms with Crippen LogP contribution in [0.3, 0.4) is 0 Å². The fourth-order valence-electron chi connectivity index (χ4n) is 2.46. The Labute approximate surface area is 134 Å². The molecule has 1 heterocycles. The van der Waals surface area contributed by atoms with Crippen molar-refractivity contribution in [3.8, 4) is 0 Å². The number of fused-ring (bicyclic) bond motifs is 1. The maximum absolute atomic E-state index is 12.1. The number of hydrogen-bond acceptors (Lipinski definition) is 2. The van der Waals surface area contributed by atoms with Crippen molar-refractivity contribution in [1.82, 2.24) is 10.3 Å². The second-order valence-corrected chi connectivity index (χ2v) is 5.75. The van der Waals surface area contributed by atoms with E-state index in [1.165, 1.54) is 0 Å². The zero-order valence-electron chi connectivity index (χ0n) is 13.1.